The van der Waals surface area contributed by atoms with Crippen molar-refractivity contribution in [2.24, 2.45) is 0 Å². The zero-order valence-corrected chi connectivity index (χ0v) is 9.34. The minimum Gasteiger partial charge on any atom is -0.0985 e. The summed E-state index contributed by atoms with van der Waals surface area (Å²) in [5, 5.41) is 0. The van der Waals surface area contributed by atoms with E-state index in [2.05, 4.69) is 38.6 Å². The molecule has 0 fully saturated rings. The van der Waals surface area contributed by atoms with E-state index in [1.807, 2.05) is 6.08 Å². The summed E-state index contributed by atoms with van der Waals surface area (Å²) in [6, 6.07) is 6.61. The Morgan fingerprint density at radius 3 is 2.64 bits per heavy atom. The van der Waals surface area contributed by atoms with Crippen LogP contribution in [0.4, 0.5) is 0 Å². The Morgan fingerprint density at radius 1 is 1.29 bits per heavy atom. The Labute approximate surface area is 87.7 Å². The van der Waals surface area contributed by atoms with Crippen molar-refractivity contribution in [3.8, 4) is 0 Å². The van der Waals surface area contributed by atoms with Crippen LogP contribution < -0.4 is 0 Å². The fourth-order valence-corrected chi connectivity index (χ4v) is 1.69. The van der Waals surface area contributed by atoms with Crippen LogP contribution in [0.1, 0.15) is 42.9 Å². The van der Waals surface area contributed by atoms with E-state index < -0.39 is 0 Å². The molecule has 0 saturated carbocycles. The first-order valence-electron chi connectivity index (χ1n) is 5.50. The average molecular weight is 188 g/mol. The molecule has 1 rings (SSSR count). The maximum absolute atomic E-state index is 3.78. The average Bonchev–Trinajstić information content (AvgIpc) is 2.20. The first kappa shape index (κ1) is 11.0. The van der Waals surface area contributed by atoms with Gasteiger partial charge in [-0.05, 0) is 36.5 Å². The Bertz CT molecular complexity index is 297. The number of hydrogen-bond acceptors (Lipinski definition) is 0. The predicted molar refractivity (Wildman–Crippen MR) is 64.5 cm³/mol. The second-order valence-corrected chi connectivity index (χ2v) is 3.85. The van der Waals surface area contributed by atoms with Gasteiger partial charge in [-0.1, -0.05) is 50.6 Å². The predicted octanol–water partition coefficient (Wildman–Crippen LogP) is 4.37. The Balaban J connectivity index is 2.64. The number of aryl methyl sites for hydroxylation is 2. The smallest absolute Gasteiger partial charge is 0.0260 e. The molecule has 76 valence electrons. The lowest BCUT2D eigenvalue weighted by atomic mass is 10.00. The van der Waals surface area contributed by atoms with Gasteiger partial charge in [-0.3, -0.25) is 0 Å². The maximum Gasteiger partial charge on any atom is -0.0260 e. The van der Waals surface area contributed by atoms with E-state index >= 15 is 0 Å². The van der Waals surface area contributed by atoms with E-state index in [4.69, 9.17) is 0 Å². The zero-order chi connectivity index (χ0) is 10.4. The summed E-state index contributed by atoms with van der Waals surface area (Å²) in [7, 11) is 0. The van der Waals surface area contributed by atoms with Gasteiger partial charge in [-0.15, -0.1) is 0 Å². The van der Waals surface area contributed by atoms with Crippen LogP contribution in [0.5, 0.6) is 0 Å². The lowest BCUT2D eigenvalue weighted by molar-refractivity contribution is 0.715. The van der Waals surface area contributed by atoms with Gasteiger partial charge in [0, 0.05) is 0 Å². The minimum atomic E-state index is 1.22. The summed E-state index contributed by atoms with van der Waals surface area (Å²) in [6.07, 6.45) is 7.07. The molecular formula is C14H20. The largest absolute Gasteiger partial charge is 0.0985 e. The zero-order valence-electron chi connectivity index (χ0n) is 9.34. The third-order valence-corrected chi connectivity index (χ3v) is 2.65. The molecule has 0 N–H and O–H groups in total. The SMILES string of the molecule is C=Cc1ccc(CCCCC)c(C)c1. The molecule has 0 bridgehead atoms. The topological polar surface area (TPSA) is 0 Å². The number of unbranched alkanes of at least 4 members (excludes halogenated alkanes) is 2. The normalized spacial score (nSPS) is 10.1. The first-order valence-corrected chi connectivity index (χ1v) is 5.50. The standard InChI is InChI=1S/C14H20/c1-4-6-7-8-14-10-9-13(5-2)11-12(14)3/h5,9-11H,2,4,6-8H2,1,3H3. The van der Waals surface area contributed by atoms with Crippen LogP contribution in [0.3, 0.4) is 0 Å². The third kappa shape index (κ3) is 3.02. The lowest BCUT2D eigenvalue weighted by Gasteiger charge is -2.06. The fraction of sp³-hybridized carbons (Fsp3) is 0.429. The van der Waals surface area contributed by atoms with Crippen molar-refractivity contribution >= 4 is 6.08 Å². The Kier molecular flexibility index (Phi) is 4.45. The molecule has 0 aliphatic heterocycles. The molecule has 0 aliphatic carbocycles. The van der Waals surface area contributed by atoms with E-state index in [0.717, 1.165) is 0 Å². The molecule has 0 heterocycles. The van der Waals surface area contributed by atoms with Crippen molar-refractivity contribution in [3.05, 3.63) is 41.5 Å². The van der Waals surface area contributed by atoms with Gasteiger partial charge < -0.3 is 0 Å². The van der Waals surface area contributed by atoms with Crippen molar-refractivity contribution in [1.29, 1.82) is 0 Å². The Hall–Kier alpha value is -1.04. The van der Waals surface area contributed by atoms with Gasteiger partial charge >= 0.3 is 0 Å². The monoisotopic (exact) mass is 188 g/mol. The van der Waals surface area contributed by atoms with Gasteiger partial charge in [0.1, 0.15) is 0 Å². The van der Waals surface area contributed by atoms with E-state index in [9.17, 15) is 0 Å². The second-order valence-electron chi connectivity index (χ2n) is 3.85. The first-order chi connectivity index (χ1) is 6.77. The van der Waals surface area contributed by atoms with E-state index in [-0.39, 0.29) is 0 Å². The highest BCUT2D eigenvalue weighted by Crippen LogP contribution is 2.14. The fourth-order valence-electron chi connectivity index (χ4n) is 1.69. The molecule has 0 aromatic heterocycles. The van der Waals surface area contributed by atoms with E-state index in [1.54, 1.807) is 0 Å². The van der Waals surface area contributed by atoms with Crippen LogP contribution in [0.2, 0.25) is 0 Å². The van der Waals surface area contributed by atoms with Crippen LogP contribution in [0.25, 0.3) is 6.08 Å². The van der Waals surface area contributed by atoms with E-state index in [0.29, 0.717) is 0 Å². The summed E-state index contributed by atoms with van der Waals surface area (Å²) >= 11 is 0. The maximum atomic E-state index is 3.78. The molecule has 0 aliphatic rings. The minimum absolute atomic E-state index is 1.22. The highest BCUT2D eigenvalue weighted by atomic mass is 14.0. The molecular weight excluding hydrogens is 168 g/mol. The molecule has 0 unspecified atom stereocenters. The van der Waals surface area contributed by atoms with Crippen molar-refractivity contribution in [3.63, 3.8) is 0 Å². The van der Waals surface area contributed by atoms with Crippen molar-refractivity contribution in [2.45, 2.75) is 39.5 Å². The van der Waals surface area contributed by atoms with Gasteiger partial charge in [-0.2, -0.15) is 0 Å². The molecule has 0 spiro atoms. The summed E-state index contributed by atoms with van der Waals surface area (Å²) in [5.74, 6) is 0. The van der Waals surface area contributed by atoms with E-state index in [1.165, 1.54) is 42.4 Å². The molecule has 14 heavy (non-hydrogen) atoms. The highest BCUT2D eigenvalue weighted by molar-refractivity contribution is 5.49. The highest BCUT2D eigenvalue weighted by Gasteiger charge is 1.98. The van der Waals surface area contributed by atoms with Gasteiger partial charge in [0.05, 0.1) is 0 Å². The van der Waals surface area contributed by atoms with Crippen LogP contribution in [-0.4, -0.2) is 0 Å². The summed E-state index contributed by atoms with van der Waals surface area (Å²) in [4.78, 5) is 0. The van der Waals surface area contributed by atoms with Crippen LogP contribution in [0.15, 0.2) is 24.8 Å². The lowest BCUT2D eigenvalue weighted by Crippen LogP contribution is -1.90. The van der Waals surface area contributed by atoms with Gasteiger partial charge in [0.25, 0.3) is 0 Å². The molecule has 1 aromatic rings. The number of hydrogen-bond donors (Lipinski definition) is 0. The molecule has 1 aromatic carbocycles. The molecule has 0 atom stereocenters. The Morgan fingerprint density at radius 2 is 2.07 bits per heavy atom. The van der Waals surface area contributed by atoms with Gasteiger partial charge in [-0.25, -0.2) is 0 Å². The summed E-state index contributed by atoms with van der Waals surface area (Å²) in [6.45, 7) is 8.21. The van der Waals surface area contributed by atoms with Crippen LogP contribution in [-0.2, 0) is 6.42 Å². The molecule has 0 nitrogen and oxygen atoms in total. The van der Waals surface area contributed by atoms with Crippen molar-refractivity contribution in [2.75, 3.05) is 0 Å². The van der Waals surface area contributed by atoms with Crippen molar-refractivity contribution in [1.82, 2.24) is 0 Å². The van der Waals surface area contributed by atoms with Gasteiger partial charge in [0.15, 0.2) is 0 Å². The second kappa shape index (κ2) is 5.64. The molecule has 0 amide bonds. The quantitative estimate of drug-likeness (QED) is 0.602. The molecule has 0 heteroatoms. The third-order valence-electron chi connectivity index (χ3n) is 2.65. The molecule has 0 saturated heterocycles. The van der Waals surface area contributed by atoms with Gasteiger partial charge in [0.2, 0.25) is 0 Å². The van der Waals surface area contributed by atoms with Crippen molar-refractivity contribution < 1.29 is 0 Å². The van der Waals surface area contributed by atoms with Crippen LogP contribution >= 0.6 is 0 Å². The van der Waals surface area contributed by atoms with Crippen LogP contribution in [0, 0.1) is 6.92 Å². The number of benzene rings is 1. The summed E-state index contributed by atoms with van der Waals surface area (Å²) in [5.41, 5.74) is 4.12. The summed E-state index contributed by atoms with van der Waals surface area (Å²) < 4.78 is 0. The molecule has 0 radical (unpaired) electrons. The number of rotatable bonds is 5.